The van der Waals surface area contributed by atoms with Crippen molar-refractivity contribution in [3.8, 4) is 0 Å². The van der Waals surface area contributed by atoms with E-state index in [4.69, 9.17) is 9.16 Å². The zero-order valence-electron chi connectivity index (χ0n) is 16.6. The van der Waals surface area contributed by atoms with Gasteiger partial charge in [0.2, 0.25) is 5.78 Å². The third kappa shape index (κ3) is 3.25. The van der Waals surface area contributed by atoms with Crippen LogP contribution in [0.4, 0.5) is 0 Å². The van der Waals surface area contributed by atoms with Crippen molar-refractivity contribution < 1.29 is 18.8 Å². The number of hydrogen-bond acceptors (Lipinski definition) is 4. The first-order valence-corrected chi connectivity index (χ1v) is 13.0. The molecule has 2 aliphatic rings. The van der Waals surface area contributed by atoms with Gasteiger partial charge in [-0.15, -0.1) is 0 Å². The largest absolute Gasteiger partial charge is 0.459 e. The van der Waals surface area contributed by atoms with Crippen LogP contribution in [0.5, 0.6) is 0 Å². The zero-order chi connectivity index (χ0) is 20.1. The van der Waals surface area contributed by atoms with Crippen molar-refractivity contribution in [2.45, 2.75) is 44.7 Å². The highest BCUT2D eigenvalue weighted by Crippen LogP contribution is 2.47. The average molecular weight is 393 g/mol. The zero-order valence-corrected chi connectivity index (χ0v) is 17.6. The van der Waals surface area contributed by atoms with Crippen molar-refractivity contribution in [2.75, 3.05) is 0 Å². The second-order valence-electron chi connectivity index (χ2n) is 8.56. The van der Waals surface area contributed by atoms with E-state index in [1.54, 1.807) is 24.3 Å². The molecule has 5 heteroatoms. The molecular weight excluding hydrogens is 368 g/mol. The maximum Gasteiger partial charge on any atom is 0.228 e. The first-order valence-electron chi connectivity index (χ1n) is 9.55. The van der Waals surface area contributed by atoms with Crippen LogP contribution in [0.15, 0.2) is 65.9 Å². The van der Waals surface area contributed by atoms with Crippen LogP contribution in [0.2, 0.25) is 19.6 Å². The second kappa shape index (κ2) is 6.53. The summed E-state index contributed by atoms with van der Waals surface area (Å²) in [4.78, 5) is 26.6. The molecule has 4 nitrogen and oxygen atoms in total. The standard InChI is InChI=1S/C23H24O4Si/c1-23(27-28(2,3)4)14-18(15-10-6-5-7-11-15)19-20(24)16-12-8-9-13-17(16)21(25)22(19)26-23/h5-13,18H,14H2,1-4H3/t18-,23+/m0/s1. The second-order valence-corrected chi connectivity index (χ2v) is 13.0. The van der Waals surface area contributed by atoms with Crippen LogP contribution in [0.1, 0.15) is 45.5 Å². The molecule has 2 atom stereocenters. The summed E-state index contributed by atoms with van der Waals surface area (Å²) in [6, 6.07) is 16.8. The predicted octanol–water partition coefficient (Wildman–Crippen LogP) is 5.09. The summed E-state index contributed by atoms with van der Waals surface area (Å²) in [5.41, 5.74) is 2.29. The number of ether oxygens (including phenoxy) is 1. The lowest BCUT2D eigenvalue weighted by Gasteiger charge is -2.44. The van der Waals surface area contributed by atoms with Gasteiger partial charge in [0.15, 0.2) is 25.6 Å². The van der Waals surface area contributed by atoms with E-state index < -0.39 is 14.1 Å². The van der Waals surface area contributed by atoms with Crippen molar-refractivity contribution in [3.63, 3.8) is 0 Å². The fourth-order valence-corrected chi connectivity index (χ4v) is 5.62. The van der Waals surface area contributed by atoms with Gasteiger partial charge in [-0.3, -0.25) is 9.59 Å². The Morgan fingerprint density at radius 3 is 2.11 bits per heavy atom. The Morgan fingerprint density at radius 2 is 1.50 bits per heavy atom. The van der Waals surface area contributed by atoms with Crippen LogP contribution in [-0.2, 0) is 9.16 Å². The van der Waals surface area contributed by atoms with Gasteiger partial charge in [-0.25, -0.2) is 0 Å². The van der Waals surface area contributed by atoms with Crippen LogP contribution < -0.4 is 0 Å². The predicted molar refractivity (Wildman–Crippen MR) is 110 cm³/mol. The Kier molecular flexibility index (Phi) is 4.40. The van der Waals surface area contributed by atoms with Gasteiger partial charge in [0.25, 0.3) is 0 Å². The number of rotatable bonds is 3. The molecule has 0 saturated heterocycles. The normalized spacial score (nSPS) is 24.5. The van der Waals surface area contributed by atoms with Crippen LogP contribution >= 0.6 is 0 Å². The average Bonchev–Trinajstić information content (AvgIpc) is 2.64. The Bertz CT molecular complexity index is 987. The SMILES string of the molecule is C[C@@]1(O[Si](C)(C)C)C[C@@H](c2ccccc2)C2=C(O1)C(=O)c1ccccc1C2=O. The lowest BCUT2D eigenvalue weighted by molar-refractivity contribution is -0.159. The summed E-state index contributed by atoms with van der Waals surface area (Å²) in [6.07, 6.45) is 0.487. The van der Waals surface area contributed by atoms with E-state index in [9.17, 15) is 9.59 Å². The van der Waals surface area contributed by atoms with E-state index in [0.717, 1.165) is 5.56 Å². The van der Waals surface area contributed by atoms with E-state index in [1.165, 1.54) is 0 Å². The molecule has 0 saturated carbocycles. The number of carbonyl (C=O) groups is 2. The molecule has 28 heavy (non-hydrogen) atoms. The molecular formula is C23H24O4Si. The summed E-state index contributed by atoms with van der Waals surface area (Å²) >= 11 is 0. The van der Waals surface area contributed by atoms with Crippen molar-refractivity contribution in [1.29, 1.82) is 0 Å². The molecule has 2 aromatic rings. The molecule has 1 heterocycles. The highest BCUT2D eigenvalue weighted by molar-refractivity contribution is 6.69. The number of Topliss-reactive ketones (excluding diaryl/α,β-unsaturated/α-hetero) is 2. The van der Waals surface area contributed by atoms with Crippen molar-refractivity contribution in [2.24, 2.45) is 0 Å². The third-order valence-corrected chi connectivity index (χ3v) is 6.12. The summed E-state index contributed by atoms with van der Waals surface area (Å²) in [5, 5.41) is 0. The molecule has 0 spiro atoms. The molecule has 0 bridgehead atoms. The molecule has 4 rings (SSSR count). The van der Waals surface area contributed by atoms with E-state index >= 15 is 0 Å². The number of carbonyl (C=O) groups excluding carboxylic acids is 2. The van der Waals surface area contributed by atoms with Crippen LogP contribution in [-0.4, -0.2) is 25.7 Å². The van der Waals surface area contributed by atoms with Gasteiger partial charge in [-0.05, 0) is 25.2 Å². The maximum absolute atomic E-state index is 13.4. The molecule has 1 aliphatic carbocycles. The molecule has 0 amide bonds. The molecule has 0 radical (unpaired) electrons. The quantitative estimate of drug-likeness (QED) is 0.683. The molecule has 1 aliphatic heterocycles. The molecule has 2 aromatic carbocycles. The van der Waals surface area contributed by atoms with E-state index in [-0.39, 0.29) is 23.2 Å². The van der Waals surface area contributed by atoms with Crippen LogP contribution in [0.25, 0.3) is 0 Å². The van der Waals surface area contributed by atoms with E-state index in [2.05, 4.69) is 19.6 Å². The molecule has 0 aromatic heterocycles. The highest BCUT2D eigenvalue weighted by Gasteiger charge is 2.49. The number of benzene rings is 2. The lowest BCUT2D eigenvalue weighted by Crippen LogP contribution is -2.48. The number of allylic oxidation sites excluding steroid dienone is 2. The summed E-state index contributed by atoms with van der Waals surface area (Å²) in [6.45, 7) is 8.15. The maximum atomic E-state index is 13.4. The van der Waals surface area contributed by atoms with Gasteiger partial charge < -0.3 is 9.16 Å². The minimum absolute atomic E-state index is 0.130. The minimum Gasteiger partial charge on any atom is -0.459 e. The lowest BCUT2D eigenvalue weighted by atomic mass is 9.75. The first kappa shape index (κ1) is 18.8. The topological polar surface area (TPSA) is 52.6 Å². The fraction of sp³-hybridized carbons (Fsp3) is 0.304. The van der Waals surface area contributed by atoms with Crippen molar-refractivity contribution in [1.82, 2.24) is 0 Å². The summed E-state index contributed by atoms with van der Waals surface area (Å²) in [5.74, 6) is -1.43. The Hall–Kier alpha value is -2.50. The Balaban J connectivity index is 1.89. The van der Waals surface area contributed by atoms with Gasteiger partial charge in [-0.2, -0.15) is 0 Å². The fourth-order valence-electron chi connectivity index (χ4n) is 4.20. The van der Waals surface area contributed by atoms with Gasteiger partial charge in [0.1, 0.15) is 0 Å². The number of fused-ring (bicyclic) bond motifs is 1. The first-order chi connectivity index (χ1) is 13.2. The molecule has 0 N–H and O–H groups in total. The van der Waals surface area contributed by atoms with E-state index in [1.807, 2.05) is 37.3 Å². The van der Waals surface area contributed by atoms with Crippen LogP contribution in [0, 0.1) is 0 Å². The number of ketones is 2. The van der Waals surface area contributed by atoms with Gasteiger partial charge >= 0.3 is 0 Å². The monoisotopic (exact) mass is 392 g/mol. The third-order valence-electron chi connectivity index (χ3n) is 5.08. The number of hydrogen-bond donors (Lipinski definition) is 0. The van der Waals surface area contributed by atoms with Gasteiger partial charge in [0.05, 0.1) is 5.57 Å². The molecule has 0 unspecified atom stereocenters. The van der Waals surface area contributed by atoms with Gasteiger partial charge in [0, 0.05) is 30.4 Å². The van der Waals surface area contributed by atoms with Crippen molar-refractivity contribution in [3.05, 3.63) is 82.6 Å². The molecule has 144 valence electrons. The van der Waals surface area contributed by atoms with Crippen LogP contribution in [0.3, 0.4) is 0 Å². The van der Waals surface area contributed by atoms with Crippen molar-refractivity contribution >= 4 is 19.9 Å². The van der Waals surface area contributed by atoms with E-state index in [0.29, 0.717) is 23.1 Å². The van der Waals surface area contributed by atoms with Gasteiger partial charge in [-0.1, -0.05) is 54.6 Å². The summed E-state index contributed by atoms with van der Waals surface area (Å²) < 4.78 is 12.5. The Labute approximate surface area is 166 Å². The molecule has 0 fully saturated rings. The summed E-state index contributed by atoms with van der Waals surface area (Å²) in [7, 11) is -1.96. The minimum atomic E-state index is -1.96. The highest BCUT2D eigenvalue weighted by atomic mass is 28.4. The Morgan fingerprint density at radius 1 is 0.929 bits per heavy atom. The smallest absolute Gasteiger partial charge is 0.228 e.